The molecule has 2 aromatic carbocycles. The van der Waals surface area contributed by atoms with Gasteiger partial charge in [0.25, 0.3) is 5.56 Å². The molecule has 3 heterocycles. The number of pyridine rings is 2. The van der Waals surface area contributed by atoms with Crippen LogP contribution in [-0.4, -0.2) is 42.5 Å². The van der Waals surface area contributed by atoms with Crippen LogP contribution in [0.25, 0.3) is 28.1 Å². The predicted molar refractivity (Wildman–Crippen MR) is 140 cm³/mol. The third kappa shape index (κ3) is 5.87. The lowest BCUT2D eigenvalue weighted by Crippen LogP contribution is -2.30. The van der Waals surface area contributed by atoms with Crippen molar-refractivity contribution in [3.05, 3.63) is 101 Å². The average molecular weight is 481 g/mol. The van der Waals surface area contributed by atoms with Gasteiger partial charge in [-0.3, -0.25) is 14.3 Å². The number of ether oxygens (including phenoxy) is 2. The molecule has 0 bridgehead atoms. The Balaban J connectivity index is 0.000000445. The van der Waals surface area contributed by atoms with Gasteiger partial charge in [-0.25, -0.2) is 0 Å². The van der Waals surface area contributed by atoms with Gasteiger partial charge in [0.1, 0.15) is 5.75 Å². The monoisotopic (exact) mass is 480 g/mol. The summed E-state index contributed by atoms with van der Waals surface area (Å²) in [6.45, 7) is 6.22. The molecule has 0 saturated carbocycles. The van der Waals surface area contributed by atoms with Crippen LogP contribution in [0.15, 0.2) is 90.0 Å². The third-order valence-corrected chi connectivity index (χ3v) is 5.59. The van der Waals surface area contributed by atoms with Crippen LogP contribution in [0.4, 0.5) is 0 Å². The van der Waals surface area contributed by atoms with Crippen molar-refractivity contribution < 1.29 is 9.47 Å². The van der Waals surface area contributed by atoms with Gasteiger partial charge in [-0.05, 0) is 43.3 Å². The van der Waals surface area contributed by atoms with E-state index in [1.165, 1.54) is 0 Å². The zero-order valence-corrected chi connectivity index (χ0v) is 20.2. The maximum Gasteiger partial charge on any atom is 0.263 e. The van der Waals surface area contributed by atoms with Crippen molar-refractivity contribution in [3.8, 4) is 39.9 Å². The molecule has 1 fully saturated rings. The molecule has 1 aliphatic rings. The van der Waals surface area contributed by atoms with E-state index < -0.39 is 0 Å². The molecule has 36 heavy (non-hydrogen) atoms. The molecule has 0 spiro atoms. The van der Waals surface area contributed by atoms with Crippen molar-refractivity contribution in [2.24, 2.45) is 0 Å². The van der Waals surface area contributed by atoms with Gasteiger partial charge in [-0.1, -0.05) is 36.4 Å². The number of morpholine rings is 1. The second-order valence-electron chi connectivity index (χ2n) is 7.95. The van der Waals surface area contributed by atoms with E-state index in [0.717, 1.165) is 37.6 Å². The van der Waals surface area contributed by atoms with Crippen LogP contribution in [-0.2, 0) is 4.74 Å². The number of aromatic nitrogens is 2. The van der Waals surface area contributed by atoms with Crippen LogP contribution in [0.5, 0.6) is 5.75 Å². The van der Waals surface area contributed by atoms with Gasteiger partial charge >= 0.3 is 0 Å². The second kappa shape index (κ2) is 12.5. The molecule has 7 nitrogen and oxygen atoms in total. The van der Waals surface area contributed by atoms with E-state index in [1.807, 2.05) is 55.5 Å². The quantitative estimate of drug-likeness (QED) is 0.454. The number of nitrogens with one attached hydrogen (secondary N) is 1. The molecule has 0 atom stereocenters. The summed E-state index contributed by atoms with van der Waals surface area (Å²) in [5.41, 5.74) is 3.37. The summed E-state index contributed by atoms with van der Waals surface area (Å²) in [5.74, 6) is 0.611. The first-order chi connectivity index (χ1) is 17.7. The van der Waals surface area contributed by atoms with E-state index in [0.29, 0.717) is 34.7 Å². The number of para-hydroxylation sites is 2. The predicted octanol–water partition coefficient (Wildman–Crippen LogP) is 4.44. The Hall–Kier alpha value is -4.25. The molecule has 2 aromatic heterocycles. The summed E-state index contributed by atoms with van der Waals surface area (Å²) in [4.78, 5) is 18.0. The molecule has 0 aliphatic carbocycles. The highest BCUT2D eigenvalue weighted by Gasteiger charge is 2.16. The maximum atomic E-state index is 13.6. The Kier molecular flexibility index (Phi) is 8.60. The smallest absolute Gasteiger partial charge is 0.263 e. The Morgan fingerprint density at radius 3 is 2.44 bits per heavy atom. The summed E-state index contributed by atoms with van der Waals surface area (Å²) in [7, 11) is 0. The Morgan fingerprint density at radius 2 is 1.78 bits per heavy atom. The number of hydrogen-bond donors (Lipinski definition) is 1. The molecular formula is C29H28N4O3. The second-order valence-corrected chi connectivity index (χ2v) is 7.95. The van der Waals surface area contributed by atoms with Gasteiger partial charge in [0, 0.05) is 42.2 Å². The Morgan fingerprint density at radius 1 is 1.03 bits per heavy atom. The maximum absolute atomic E-state index is 13.6. The molecule has 4 aromatic rings. The third-order valence-electron chi connectivity index (χ3n) is 5.59. The number of nitriles is 1. The number of rotatable bonds is 5. The highest BCUT2D eigenvalue weighted by molar-refractivity contribution is 5.75. The zero-order chi connectivity index (χ0) is 25.2. The van der Waals surface area contributed by atoms with Gasteiger partial charge in [0.05, 0.1) is 42.8 Å². The fraction of sp³-hybridized carbons (Fsp3) is 0.207. The largest absolute Gasteiger partial charge is 0.492 e. The first-order valence-electron chi connectivity index (χ1n) is 11.9. The van der Waals surface area contributed by atoms with Gasteiger partial charge in [0.2, 0.25) is 0 Å². The molecule has 1 N–H and O–H groups in total. The van der Waals surface area contributed by atoms with E-state index in [1.54, 1.807) is 41.2 Å². The summed E-state index contributed by atoms with van der Waals surface area (Å²) in [6, 6.07) is 24.1. The van der Waals surface area contributed by atoms with Crippen molar-refractivity contribution in [1.82, 2.24) is 14.9 Å². The molecule has 0 unspecified atom stereocenters. The molecule has 7 heteroatoms. The van der Waals surface area contributed by atoms with Crippen LogP contribution in [0.1, 0.15) is 12.5 Å². The lowest BCUT2D eigenvalue weighted by Gasteiger charge is -2.15. The normalized spacial score (nSPS) is 12.7. The standard InChI is InChI=1S/C25H19N3O2.C4H9NO/c1-2-30-24-13-6-5-12-23(24)28-17-19(22-11-7-8-14-27-22)15-21(25(28)29)20-10-4-3-9-18(20)16-26;1-3-6-4-2-5-1/h3-15,17H,2H2,1H3;5H,1-4H2. The highest BCUT2D eigenvalue weighted by Crippen LogP contribution is 2.28. The number of hydrogen-bond acceptors (Lipinski definition) is 6. The molecule has 5 rings (SSSR count). The first-order valence-corrected chi connectivity index (χ1v) is 11.9. The minimum atomic E-state index is -0.232. The fourth-order valence-electron chi connectivity index (χ4n) is 3.89. The first kappa shape index (κ1) is 24.9. The zero-order valence-electron chi connectivity index (χ0n) is 20.2. The van der Waals surface area contributed by atoms with Crippen LogP contribution in [0.3, 0.4) is 0 Å². The summed E-state index contributed by atoms with van der Waals surface area (Å²) >= 11 is 0. The fourth-order valence-corrected chi connectivity index (χ4v) is 3.89. The van der Waals surface area contributed by atoms with Crippen LogP contribution >= 0.6 is 0 Å². The topological polar surface area (TPSA) is 89.2 Å². The summed E-state index contributed by atoms with van der Waals surface area (Å²) in [5, 5.41) is 12.7. The van der Waals surface area contributed by atoms with E-state index in [2.05, 4.69) is 16.4 Å². The van der Waals surface area contributed by atoms with Crippen LogP contribution in [0, 0.1) is 11.3 Å². The number of nitrogens with zero attached hydrogens (tertiary/aromatic N) is 3. The minimum absolute atomic E-state index is 0.232. The van der Waals surface area contributed by atoms with Crippen molar-refractivity contribution in [2.45, 2.75) is 6.92 Å². The molecule has 0 amide bonds. The molecule has 182 valence electrons. The van der Waals surface area contributed by atoms with Gasteiger partial charge in [-0.2, -0.15) is 5.26 Å². The number of benzene rings is 2. The van der Waals surface area contributed by atoms with E-state index in [-0.39, 0.29) is 5.56 Å². The van der Waals surface area contributed by atoms with Gasteiger partial charge < -0.3 is 14.8 Å². The van der Waals surface area contributed by atoms with Crippen molar-refractivity contribution in [2.75, 3.05) is 32.9 Å². The average Bonchev–Trinajstić information content (AvgIpc) is 2.95. The van der Waals surface area contributed by atoms with E-state index in [4.69, 9.17) is 9.47 Å². The van der Waals surface area contributed by atoms with Gasteiger partial charge in [0.15, 0.2) is 0 Å². The lowest BCUT2D eigenvalue weighted by atomic mass is 9.99. The van der Waals surface area contributed by atoms with Crippen LogP contribution < -0.4 is 15.6 Å². The van der Waals surface area contributed by atoms with Crippen molar-refractivity contribution >= 4 is 0 Å². The van der Waals surface area contributed by atoms with E-state index >= 15 is 0 Å². The minimum Gasteiger partial charge on any atom is -0.492 e. The van der Waals surface area contributed by atoms with Gasteiger partial charge in [-0.15, -0.1) is 0 Å². The Bertz CT molecular complexity index is 1380. The van der Waals surface area contributed by atoms with Crippen LogP contribution in [0.2, 0.25) is 0 Å². The molecule has 1 aliphatic heterocycles. The summed E-state index contributed by atoms with van der Waals surface area (Å²) < 4.78 is 12.3. The van der Waals surface area contributed by atoms with Crippen molar-refractivity contribution in [1.29, 1.82) is 5.26 Å². The Labute approximate surface area is 210 Å². The molecule has 1 saturated heterocycles. The van der Waals surface area contributed by atoms with Crippen molar-refractivity contribution in [3.63, 3.8) is 0 Å². The highest BCUT2D eigenvalue weighted by atomic mass is 16.5. The van der Waals surface area contributed by atoms with E-state index in [9.17, 15) is 10.1 Å². The summed E-state index contributed by atoms with van der Waals surface area (Å²) in [6.07, 6.45) is 3.48. The lowest BCUT2D eigenvalue weighted by molar-refractivity contribution is 0.109. The molecular weight excluding hydrogens is 452 g/mol. The SMILES string of the molecule is C1COCCN1.CCOc1ccccc1-n1cc(-c2ccccn2)cc(-c2ccccc2C#N)c1=O. The molecule has 0 radical (unpaired) electrons.